The van der Waals surface area contributed by atoms with Gasteiger partial charge in [0.15, 0.2) is 11.5 Å². The van der Waals surface area contributed by atoms with Crippen LogP contribution < -0.4 is 14.4 Å². The maximum atomic E-state index is 10.5. The van der Waals surface area contributed by atoms with Gasteiger partial charge in [-0.2, -0.15) is 5.26 Å². The van der Waals surface area contributed by atoms with Crippen molar-refractivity contribution in [3.8, 4) is 17.6 Å². The smallest absolute Gasteiger partial charge is 0.231 e. The average Bonchev–Trinajstić information content (AvgIpc) is 3.30. The molecule has 0 unspecified atom stereocenters. The van der Waals surface area contributed by atoms with Crippen molar-refractivity contribution < 1.29 is 9.47 Å². The molecule has 0 radical (unpaired) electrons. The Morgan fingerprint density at radius 1 is 1.00 bits per heavy atom. The molecule has 4 nitrogen and oxygen atoms in total. The number of ether oxygens (including phenoxy) is 2. The third-order valence-electron chi connectivity index (χ3n) is 6.66. The highest BCUT2D eigenvalue weighted by molar-refractivity contribution is 5.62. The number of anilines is 1. The highest BCUT2D eigenvalue weighted by atomic mass is 16.7. The van der Waals surface area contributed by atoms with Crippen LogP contribution in [0.4, 0.5) is 5.69 Å². The molecule has 0 aromatic heterocycles. The van der Waals surface area contributed by atoms with E-state index in [0.717, 1.165) is 37.2 Å². The molecule has 0 aliphatic carbocycles. The normalized spacial score (nSPS) is 20.1. The highest BCUT2D eigenvalue weighted by Crippen LogP contribution is 2.44. The monoisotopic (exact) mass is 410 g/mol. The fourth-order valence-electron chi connectivity index (χ4n) is 4.97. The van der Waals surface area contributed by atoms with Crippen molar-refractivity contribution in [2.45, 2.75) is 44.2 Å². The number of rotatable bonds is 5. The summed E-state index contributed by atoms with van der Waals surface area (Å²) in [6.07, 6.45) is 3.31. The molecule has 0 saturated heterocycles. The van der Waals surface area contributed by atoms with Crippen molar-refractivity contribution in [1.29, 1.82) is 5.26 Å². The summed E-state index contributed by atoms with van der Waals surface area (Å²) in [7, 11) is 0. The second kappa shape index (κ2) is 8.00. The minimum Gasteiger partial charge on any atom is -0.454 e. The minimum absolute atomic E-state index is 0.0963. The largest absolute Gasteiger partial charge is 0.454 e. The van der Waals surface area contributed by atoms with Gasteiger partial charge in [0.1, 0.15) is 5.54 Å². The van der Waals surface area contributed by atoms with E-state index in [4.69, 9.17) is 9.47 Å². The maximum Gasteiger partial charge on any atom is 0.231 e. The molecule has 156 valence electrons. The molecule has 2 aliphatic rings. The zero-order valence-electron chi connectivity index (χ0n) is 17.8. The van der Waals surface area contributed by atoms with Gasteiger partial charge in [-0.3, -0.25) is 0 Å². The van der Waals surface area contributed by atoms with Crippen LogP contribution in [0.2, 0.25) is 0 Å². The minimum atomic E-state index is -0.569. The Balaban J connectivity index is 1.50. The lowest BCUT2D eigenvalue weighted by atomic mass is 9.79. The van der Waals surface area contributed by atoms with Crippen LogP contribution in [0.1, 0.15) is 42.5 Å². The average molecular weight is 411 g/mol. The molecule has 0 N–H and O–H groups in total. The van der Waals surface area contributed by atoms with Crippen LogP contribution in [0, 0.1) is 11.3 Å². The van der Waals surface area contributed by atoms with Crippen molar-refractivity contribution in [2.24, 2.45) is 0 Å². The first kappa shape index (κ1) is 19.5. The molecule has 2 atom stereocenters. The van der Waals surface area contributed by atoms with E-state index in [1.165, 1.54) is 22.4 Å². The molecule has 3 aromatic carbocycles. The van der Waals surface area contributed by atoms with Gasteiger partial charge in [-0.15, -0.1) is 0 Å². The summed E-state index contributed by atoms with van der Waals surface area (Å²) in [6, 6.07) is 28.0. The summed E-state index contributed by atoms with van der Waals surface area (Å²) in [6.45, 7) is 2.49. The number of nitriles is 1. The molecule has 5 rings (SSSR count). The topological polar surface area (TPSA) is 45.5 Å². The SMILES string of the molecule is C[C@H](c1ccccc1)N1c2ccccc2CC[C@]1(C#N)CCc1ccc2c(c1)OCO2. The number of hydrogen-bond acceptors (Lipinski definition) is 4. The van der Waals surface area contributed by atoms with Crippen LogP contribution in [0.3, 0.4) is 0 Å². The van der Waals surface area contributed by atoms with Gasteiger partial charge < -0.3 is 14.4 Å². The van der Waals surface area contributed by atoms with Crippen molar-refractivity contribution in [3.63, 3.8) is 0 Å². The molecule has 0 bridgehead atoms. The summed E-state index contributed by atoms with van der Waals surface area (Å²) in [5.74, 6) is 1.59. The molecule has 2 heterocycles. The molecule has 4 heteroatoms. The van der Waals surface area contributed by atoms with Gasteiger partial charge >= 0.3 is 0 Å². The zero-order valence-corrected chi connectivity index (χ0v) is 17.8. The standard InChI is InChI=1S/C27H26N2O2/c1-20(22-7-3-2-4-8-22)29-24-10-6-5-9-23(24)14-16-27(29,18-28)15-13-21-11-12-25-26(17-21)31-19-30-25/h2-12,17,20H,13-16,19H2,1H3/t20-,27+/m1/s1. The van der Waals surface area contributed by atoms with Crippen LogP contribution in [-0.2, 0) is 12.8 Å². The fourth-order valence-corrected chi connectivity index (χ4v) is 4.97. The Kier molecular flexibility index (Phi) is 5.03. The zero-order chi connectivity index (χ0) is 21.3. The Morgan fingerprint density at radius 3 is 2.61 bits per heavy atom. The van der Waals surface area contributed by atoms with Crippen LogP contribution in [0.5, 0.6) is 11.5 Å². The third kappa shape index (κ3) is 3.51. The van der Waals surface area contributed by atoms with E-state index < -0.39 is 5.54 Å². The van der Waals surface area contributed by atoms with E-state index in [2.05, 4.69) is 78.6 Å². The van der Waals surface area contributed by atoms with Crippen LogP contribution >= 0.6 is 0 Å². The molecule has 0 saturated carbocycles. The number of hydrogen-bond donors (Lipinski definition) is 0. The van der Waals surface area contributed by atoms with Gasteiger partial charge in [-0.25, -0.2) is 0 Å². The fraction of sp³-hybridized carbons (Fsp3) is 0.296. The first-order valence-corrected chi connectivity index (χ1v) is 10.9. The van der Waals surface area contributed by atoms with Gasteiger partial charge in [-0.05, 0) is 67.5 Å². The lowest BCUT2D eigenvalue weighted by Crippen LogP contribution is -2.52. The Hall–Kier alpha value is -3.45. The predicted octanol–water partition coefficient (Wildman–Crippen LogP) is 5.82. The molecule has 31 heavy (non-hydrogen) atoms. The van der Waals surface area contributed by atoms with Crippen LogP contribution in [0.15, 0.2) is 72.8 Å². The van der Waals surface area contributed by atoms with Crippen molar-refractivity contribution in [3.05, 3.63) is 89.5 Å². The number of nitrogens with zero attached hydrogens (tertiary/aromatic N) is 2. The molecular formula is C27H26N2O2. The van der Waals surface area contributed by atoms with Crippen molar-refractivity contribution in [1.82, 2.24) is 0 Å². The molecule has 0 spiro atoms. The predicted molar refractivity (Wildman–Crippen MR) is 121 cm³/mol. The lowest BCUT2D eigenvalue weighted by Gasteiger charge is -2.48. The van der Waals surface area contributed by atoms with Crippen LogP contribution in [0.25, 0.3) is 0 Å². The molecule has 2 aliphatic heterocycles. The first-order chi connectivity index (χ1) is 15.2. The molecule has 3 aromatic rings. The first-order valence-electron chi connectivity index (χ1n) is 10.9. The van der Waals surface area contributed by atoms with E-state index in [0.29, 0.717) is 0 Å². The Morgan fingerprint density at radius 2 is 1.77 bits per heavy atom. The van der Waals surface area contributed by atoms with E-state index in [1.54, 1.807) is 0 Å². The number of aryl methyl sites for hydroxylation is 2. The van der Waals surface area contributed by atoms with Gasteiger partial charge in [-0.1, -0.05) is 54.6 Å². The van der Waals surface area contributed by atoms with E-state index in [9.17, 15) is 5.26 Å². The quantitative estimate of drug-likeness (QED) is 0.531. The second-order valence-corrected chi connectivity index (χ2v) is 8.42. The Labute approximate surface area is 183 Å². The summed E-state index contributed by atoms with van der Waals surface area (Å²) in [5.41, 5.74) is 4.32. The summed E-state index contributed by atoms with van der Waals surface area (Å²) in [4.78, 5) is 2.37. The third-order valence-corrected chi connectivity index (χ3v) is 6.66. The van der Waals surface area contributed by atoms with Gasteiger partial charge in [0.25, 0.3) is 0 Å². The highest BCUT2D eigenvalue weighted by Gasteiger charge is 2.43. The summed E-state index contributed by atoms with van der Waals surface area (Å²) in [5, 5.41) is 10.5. The molecule has 0 amide bonds. The van der Waals surface area contributed by atoms with Crippen LogP contribution in [-0.4, -0.2) is 12.3 Å². The second-order valence-electron chi connectivity index (χ2n) is 8.42. The molecule has 0 fully saturated rings. The lowest BCUT2D eigenvalue weighted by molar-refractivity contribution is 0.174. The van der Waals surface area contributed by atoms with Gasteiger partial charge in [0.05, 0.1) is 12.1 Å². The Bertz CT molecular complexity index is 1120. The van der Waals surface area contributed by atoms with E-state index in [1.807, 2.05) is 12.1 Å². The number of para-hydroxylation sites is 1. The van der Waals surface area contributed by atoms with E-state index >= 15 is 0 Å². The number of benzene rings is 3. The molecular weight excluding hydrogens is 384 g/mol. The maximum absolute atomic E-state index is 10.5. The van der Waals surface area contributed by atoms with Crippen molar-refractivity contribution >= 4 is 5.69 Å². The van der Waals surface area contributed by atoms with Gasteiger partial charge in [0, 0.05) is 5.69 Å². The van der Waals surface area contributed by atoms with E-state index in [-0.39, 0.29) is 12.8 Å². The van der Waals surface area contributed by atoms with Crippen molar-refractivity contribution in [2.75, 3.05) is 11.7 Å². The van der Waals surface area contributed by atoms with Gasteiger partial charge in [0.2, 0.25) is 6.79 Å². The number of fused-ring (bicyclic) bond motifs is 2. The summed E-state index contributed by atoms with van der Waals surface area (Å²) >= 11 is 0. The summed E-state index contributed by atoms with van der Waals surface area (Å²) < 4.78 is 11.0.